The summed E-state index contributed by atoms with van der Waals surface area (Å²) < 4.78 is 10.4. The number of methoxy groups -OCH3 is 2. The zero-order valence-electron chi connectivity index (χ0n) is 13.1. The minimum absolute atomic E-state index is 0.327. The van der Waals surface area contributed by atoms with Crippen molar-refractivity contribution < 1.29 is 14.3 Å². The molecule has 0 fully saturated rings. The molecule has 0 aliphatic heterocycles. The number of anilines is 1. The summed E-state index contributed by atoms with van der Waals surface area (Å²) in [5.74, 6) is 0.354. The molecule has 0 aromatic heterocycles. The first kappa shape index (κ1) is 15.9. The van der Waals surface area contributed by atoms with E-state index in [1.54, 1.807) is 7.11 Å². The second-order valence-electron chi connectivity index (χ2n) is 4.94. The number of carbonyl (C=O) groups excluding carboxylic acids is 1. The Hall–Kier alpha value is -2.49. The van der Waals surface area contributed by atoms with Gasteiger partial charge in [-0.1, -0.05) is 49.4 Å². The summed E-state index contributed by atoms with van der Waals surface area (Å²) in [4.78, 5) is 12.5. The van der Waals surface area contributed by atoms with E-state index in [-0.39, 0.29) is 5.97 Å². The van der Waals surface area contributed by atoms with Crippen molar-refractivity contribution in [3.63, 3.8) is 0 Å². The number of rotatable bonds is 6. The summed E-state index contributed by atoms with van der Waals surface area (Å²) in [5.41, 5.74) is 0.654. The fourth-order valence-electron chi connectivity index (χ4n) is 2.55. The van der Waals surface area contributed by atoms with Gasteiger partial charge in [-0.15, -0.1) is 0 Å². The molecule has 4 heteroatoms. The third kappa shape index (κ3) is 2.91. The van der Waals surface area contributed by atoms with Gasteiger partial charge in [0, 0.05) is 0 Å². The molecule has 0 amide bonds. The van der Waals surface area contributed by atoms with E-state index >= 15 is 0 Å². The van der Waals surface area contributed by atoms with Crippen LogP contribution in [0.25, 0.3) is 0 Å². The van der Waals surface area contributed by atoms with Gasteiger partial charge in [-0.2, -0.15) is 0 Å². The fourth-order valence-corrected chi connectivity index (χ4v) is 2.55. The van der Waals surface area contributed by atoms with Crippen LogP contribution in [0.5, 0.6) is 5.75 Å². The van der Waals surface area contributed by atoms with Gasteiger partial charge >= 0.3 is 5.97 Å². The van der Waals surface area contributed by atoms with E-state index in [0.717, 1.165) is 11.3 Å². The Balaban J connectivity index is 2.52. The molecular formula is C18H21NO3. The summed E-state index contributed by atoms with van der Waals surface area (Å²) in [6.45, 7) is 1.95. The number of esters is 1. The summed E-state index contributed by atoms with van der Waals surface area (Å²) in [7, 11) is 3.01. The van der Waals surface area contributed by atoms with E-state index < -0.39 is 5.54 Å². The molecule has 116 valence electrons. The van der Waals surface area contributed by atoms with Crippen LogP contribution in [0.15, 0.2) is 54.6 Å². The number of para-hydroxylation sites is 2. The zero-order valence-corrected chi connectivity index (χ0v) is 13.1. The normalized spacial score (nSPS) is 13.0. The van der Waals surface area contributed by atoms with Gasteiger partial charge in [0.1, 0.15) is 5.75 Å². The van der Waals surface area contributed by atoms with E-state index in [2.05, 4.69) is 5.32 Å². The van der Waals surface area contributed by atoms with Gasteiger partial charge in [0.25, 0.3) is 0 Å². The minimum atomic E-state index is -0.954. The summed E-state index contributed by atoms with van der Waals surface area (Å²) in [5, 5.41) is 3.33. The van der Waals surface area contributed by atoms with Crippen molar-refractivity contribution in [1.82, 2.24) is 0 Å². The molecule has 2 aromatic carbocycles. The van der Waals surface area contributed by atoms with Crippen molar-refractivity contribution in [3.8, 4) is 5.75 Å². The lowest BCUT2D eigenvalue weighted by atomic mass is 9.86. The van der Waals surface area contributed by atoms with Crippen molar-refractivity contribution in [1.29, 1.82) is 0 Å². The maximum Gasteiger partial charge on any atom is 0.336 e. The smallest absolute Gasteiger partial charge is 0.336 e. The monoisotopic (exact) mass is 299 g/mol. The van der Waals surface area contributed by atoms with Crippen molar-refractivity contribution in [2.45, 2.75) is 18.9 Å². The Morgan fingerprint density at radius 2 is 1.68 bits per heavy atom. The topological polar surface area (TPSA) is 47.6 Å². The summed E-state index contributed by atoms with van der Waals surface area (Å²) in [6.07, 6.45) is 0.543. The van der Waals surface area contributed by atoms with Crippen LogP contribution < -0.4 is 10.1 Å². The first-order valence-electron chi connectivity index (χ1n) is 7.23. The number of ether oxygens (including phenoxy) is 2. The highest BCUT2D eigenvalue weighted by molar-refractivity contribution is 5.86. The second kappa shape index (κ2) is 6.98. The first-order valence-corrected chi connectivity index (χ1v) is 7.23. The van der Waals surface area contributed by atoms with Crippen LogP contribution in [0.2, 0.25) is 0 Å². The van der Waals surface area contributed by atoms with Crippen molar-refractivity contribution in [2.24, 2.45) is 0 Å². The Labute approximate surface area is 131 Å². The highest BCUT2D eigenvalue weighted by atomic mass is 16.5. The standard InChI is InChI=1S/C18H21NO3/c1-4-18(17(20)22-3,14-10-6-5-7-11-14)19-15-12-8-9-13-16(15)21-2/h5-13,19H,4H2,1-3H3/t18-/m1/s1. The summed E-state index contributed by atoms with van der Waals surface area (Å²) in [6, 6.07) is 17.1. The average Bonchev–Trinajstić information content (AvgIpc) is 2.60. The Morgan fingerprint density at radius 1 is 1.05 bits per heavy atom. The van der Waals surface area contributed by atoms with Crippen molar-refractivity contribution in [2.75, 3.05) is 19.5 Å². The number of carbonyl (C=O) groups is 1. The van der Waals surface area contributed by atoms with E-state index in [4.69, 9.17) is 9.47 Å². The predicted octanol–water partition coefficient (Wildman–Crippen LogP) is 3.59. The molecule has 0 aliphatic rings. The van der Waals surface area contributed by atoms with Gasteiger partial charge in [-0.05, 0) is 24.1 Å². The highest BCUT2D eigenvalue weighted by Gasteiger charge is 2.40. The number of hydrogen-bond acceptors (Lipinski definition) is 4. The molecule has 22 heavy (non-hydrogen) atoms. The van der Waals surface area contributed by atoms with Crippen molar-refractivity contribution in [3.05, 3.63) is 60.2 Å². The van der Waals surface area contributed by atoms with Gasteiger partial charge < -0.3 is 14.8 Å². The molecule has 4 nitrogen and oxygen atoms in total. The maximum atomic E-state index is 12.5. The van der Waals surface area contributed by atoms with E-state index in [0.29, 0.717) is 12.2 Å². The third-order valence-electron chi connectivity index (χ3n) is 3.79. The molecule has 0 spiro atoms. The number of hydrogen-bond donors (Lipinski definition) is 1. The summed E-state index contributed by atoms with van der Waals surface area (Å²) >= 11 is 0. The van der Waals surface area contributed by atoms with Gasteiger partial charge in [0.05, 0.1) is 19.9 Å². The van der Waals surface area contributed by atoms with Gasteiger partial charge in [-0.25, -0.2) is 4.79 Å². The molecule has 0 radical (unpaired) electrons. The second-order valence-corrected chi connectivity index (χ2v) is 4.94. The first-order chi connectivity index (χ1) is 10.7. The molecular weight excluding hydrogens is 278 g/mol. The lowest BCUT2D eigenvalue weighted by Gasteiger charge is -2.33. The van der Waals surface area contributed by atoms with Crippen LogP contribution in [0, 0.1) is 0 Å². The number of nitrogens with one attached hydrogen (secondary N) is 1. The lowest BCUT2D eigenvalue weighted by molar-refractivity contribution is -0.146. The van der Waals surface area contributed by atoms with Crippen LogP contribution in [-0.2, 0) is 15.1 Å². The largest absolute Gasteiger partial charge is 0.495 e. The zero-order chi connectivity index (χ0) is 16.0. The van der Waals surface area contributed by atoms with E-state index in [1.807, 2.05) is 61.5 Å². The molecule has 0 aliphatic carbocycles. The molecule has 0 saturated heterocycles. The van der Waals surface area contributed by atoms with Gasteiger partial charge in [0.2, 0.25) is 0 Å². The quantitative estimate of drug-likeness (QED) is 0.828. The van der Waals surface area contributed by atoms with Crippen LogP contribution >= 0.6 is 0 Å². The molecule has 0 unspecified atom stereocenters. The maximum absolute atomic E-state index is 12.5. The van der Waals surface area contributed by atoms with Crippen LogP contribution in [0.4, 0.5) is 5.69 Å². The Kier molecular flexibility index (Phi) is 5.04. The predicted molar refractivity (Wildman–Crippen MR) is 87.0 cm³/mol. The molecule has 0 heterocycles. The lowest BCUT2D eigenvalue weighted by Crippen LogP contribution is -2.44. The molecule has 1 N–H and O–H groups in total. The number of benzene rings is 2. The van der Waals surface area contributed by atoms with Crippen LogP contribution in [0.3, 0.4) is 0 Å². The fraction of sp³-hybridized carbons (Fsp3) is 0.278. The molecule has 0 saturated carbocycles. The van der Waals surface area contributed by atoms with E-state index in [1.165, 1.54) is 7.11 Å². The van der Waals surface area contributed by atoms with Gasteiger partial charge in [0.15, 0.2) is 5.54 Å². The molecule has 2 rings (SSSR count). The Bertz CT molecular complexity index is 627. The van der Waals surface area contributed by atoms with Crippen LogP contribution in [0.1, 0.15) is 18.9 Å². The van der Waals surface area contributed by atoms with Gasteiger partial charge in [-0.3, -0.25) is 0 Å². The molecule has 2 aromatic rings. The Morgan fingerprint density at radius 3 is 2.27 bits per heavy atom. The molecule has 0 bridgehead atoms. The van der Waals surface area contributed by atoms with Crippen molar-refractivity contribution >= 4 is 11.7 Å². The van der Waals surface area contributed by atoms with E-state index in [9.17, 15) is 4.79 Å². The highest BCUT2D eigenvalue weighted by Crippen LogP contribution is 2.35. The average molecular weight is 299 g/mol. The minimum Gasteiger partial charge on any atom is -0.495 e. The molecule has 1 atom stereocenters. The SMILES string of the molecule is CC[C@](Nc1ccccc1OC)(C(=O)OC)c1ccccc1. The van der Waals surface area contributed by atoms with Crippen LogP contribution in [-0.4, -0.2) is 20.2 Å². The third-order valence-corrected chi connectivity index (χ3v) is 3.79.